The number of hydrogen-bond acceptors (Lipinski definition) is 2. The van der Waals surface area contributed by atoms with Gasteiger partial charge in [0.25, 0.3) is 0 Å². The lowest BCUT2D eigenvalue weighted by Gasteiger charge is -2.10. The van der Waals surface area contributed by atoms with E-state index < -0.39 is 0 Å². The molecule has 1 aromatic heterocycles. The van der Waals surface area contributed by atoms with E-state index in [1.165, 1.54) is 29.8 Å². The summed E-state index contributed by atoms with van der Waals surface area (Å²) in [6, 6.07) is 0. The summed E-state index contributed by atoms with van der Waals surface area (Å²) in [5.74, 6) is 0.699. The van der Waals surface area contributed by atoms with Crippen molar-refractivity contribution in [2.24, 2.45) is 5.92 Å². The Bertz CT molecular complexity index is 341. The lowest BCUT2D eigenvalue weighted by molar-refractivity contribution is 0.431. The van der Waals surface area contributed by atoms with Crippen molar-refractivity contribution in [3.8, 4) is 0 Å². The van der Waals surface area contributed by atoms with Gasteiger partial charge in [-0.3, -0.25) is 4.68 Å². The molecule has 0 amide bonds. The SMILES string of the molecule is CCCNCc1c(C)nn(CC(C)CC)c1C. The van der Waals surface area contributed by atoms with Crippen LogP contribution in [0.5, 0.6) is 0 Å². The number of aryl methyl sites for hydroxylation is 1. The van der Waals surface area contributed by atoms with Gasteiger partial charge in [-0.15, -0.1) is 0 Å². The minimum atomic E-state index is 0.699. The smallest absolute Gasteiger partial charge is 0.0641 e. The predicted octanol–water partition coefficient (Wildman–Crippen LogP) is 3.05. The molecule has 1 atom stereocenters. The van der Waals surface area contributed by atoms with Crippen molar-refractivity contribution in [3.63, 3.8) is 0 Å². The Labute approximate surface area is 106 Å². The van der Waals surface area contributed by atoms with Crippen LogP contribution < -0.4 is 5.32 Å². The van der Waals surface area contributed by atoms with Gasteiger partial charge >= 0.3 is 0 Å². The summed E-state index contributed by atoms with van der Waals surface area (Å²) in [5.41, 5.74) is 3.88. The standard InChI is InChI=1S/C14H27N3/c1-6-8-15-9-14-12(4)16-17(13(14)5)10-11(3)7-2/h11,15H,6-10H2,1-5H3. The lowest BCUT2D eigenvalue weighted by Crippen LogP contribution is -2.15. The second kappa shape index (κ2) is 6.80. The average Bonchev–Trinajstić information content (AvgIpc) is 2.56. The van der Waals surface area contributed by atoms with Crippen LogP contribution in [0.3, 0.4) is 0 Å². The summed E-state index contributed by atoms with van der Waals surface area (Å²) < 4.78 is 2.17. The van der Waals surface area contributed by atoms with Crippen LogP contribution in [0.2, 0.25) is 0 Å². The second-order valence-electron chi connectivity index (χ2n) is 5.02. The first-order valence-electron chi connectivity index (χ1n) is 6.83. The van der Waals surface area contributed by atoms with E-state index >= 15 is 0 Å². The molecule has 0 aliphatic carbocycles. The normalized spacial score (nSPS) is 13.0. The third kappa shape index (κ3) is 3.84. The van der Waals surface area contributed by atoms with Crippen molar-refractivity contribution in [1.82, 2.24) is 15.1 Å². The van der Waals surface area contributed by atoms with Gasteiger partial charge in [-0.2, -0.15) is 5.10 Å². The van der Waals surface area contributed by atoms with Crippen LogP contribution in [0.1, 0.15) is 50.6 Å². The minimum absolute atomic E-state index is 0.699. The minimum Gasteiger partial charge on any atom is -0.313 e. The predicted molar refractivity (Wildman–Crippen MR) is 73.2 cm³/mol. The number of nitrogens with zero attached hydrogens (tertiary/aromatic N) is 2. The molecule has 1 N–H and O–H groups in total. The van der Waals surface area contributed by atoms with Gasteiger partial charge in [-0.25, -0.2) is 0 Å². The molecule has 0 aromatic carbocycles. The quantitative estimate of drug-likeness (QED) is 0.739. The van der Waals surface area contributed by atoms with Gasteiger partial charge in [0.1, 0.15) is 0 Å². The maximum absolute atomic E-state index is 4.65. The molecule has 0 aliphatic heterocycles. The summed E-state index contributed by atoms with van der Waals surface area (Å²) in [5, 5.41) is 8.11. The van der Waals surface area contributed by atoms with Crippen LogP contribution in [0.15, 0.2) is 0 Å². The van der Waals surface area contributed by atoms with Crippen LogP contribution in [0.25, 0.3) is 0 Å². The lowest BCUT2D eigenvalue weighted by atomic mass is 10.1. The summed E-state index contributed by atoms with van der Waals surface area (Å²) in [7, 11) is 0. The highest BCUT2D eigenvalue weighted by atomic mass is 15.3. The molecule has 0 aliphatic rings. The van der Waals surface area contributed by atoms with E-state index in [4.69, 9.17) is 0 Å². The zero-order chi connectivity index (χ0) is 12.8. The Morgan fingerprint density at radius 2 is 2.00 bits per heavy atom. The number of hydrogen-bond donors (Lipinski definition) is 1. The zero-order valence-corrected chi connectivity index (χ0v) is 12.0. The first-order valence-corrected chi connectivity index (χ1v) is 6.83. The van der Waals surface area contributed by atoms with E-state index in [9.17, 15) is 0 Å². The monoisotopic (exact) mass is 237 g/mol. The van der Waals surface area contributed by atoms with Crippen LogP contribution in [0.4, 0.5) is 0 Å². The van der Waals surface area contributed by atoms with Gasteiger partial charge < -0.3 is 5.32 Å². The van der Waals surface area contributed by atoms with Crippen LogP contribution in [0, 0.1) is 19.8 Å². The van der Waals surface area contributed by atoms with Crippen LogP contribution >= 0.6 is 0 Å². The Morgan fingerprint density at radius 1 is 1.29 bits per heavy atom. The second-order valence-corrected chi connectivity index (χ2v) is 5.02. The highest BCUT2D eigenvalue weighted by Gasteiger charge is 2.12. The summed E-state index contributed by atoms with van der Waals surface area (Å²) in [6.07, 6.45) is 2.39. The number of nitrogens with one attached hydrogen (secondary N) is 1. The Kier molecular flexibility index (Phi) is 5.69. The van der Waals surface area contributed by atoms with E-state index in [0.29, 0.717) is 5.92 Å². The maximum Gasteiger partial charge on any atom is 0.0641 e. The molecule has 0 radical (unpaired) electrons. The van der Waals surface area contributed by atoms with Crippen molar-refractivity contribution in [2.75, 3.05) is 6.54 Å². The highest BCUT2D eigenvalue weighted by Crippen LogP contribution is 2.15. The Hall–Kier alpha value is -0.830. The van der Waals surface area contributed by atoms with Crippen molar-refractivity contribution in [1.29, 1.82) is 0 Å². The van der Waals surface area contributed by atoms with Crippen LogP contribution in [-0.4, -0.2) is 16.3 Å². The van der Waals surface area contributed by atoms with E-state index in [1.54, 1.807) is 0 Å². The van der Waals surface area contributed by atoms with Crippen molar-refractivity contribution >= 4 is 0 Å². The van der Waals surface area contributed by atoms with Gasteiger partial charge in [-0.05, 0) is 32.7 Å². The summed E-state index contributed by atoms with van der Waals surface area (Å²) in [4.78, 5) is 0. The molecule has 98 valence electrons. The zero-order valence-electron chi connectivity index (χ0n) is 12.0. The molecule has 0 spiro atoms. The molecule has 17 heavy (non-hydrogen) atoms. The molecule has 1 heterocycles. The summed E-state index contributed by atoms with van der Waals surface area (Å²) in [6.45, 7) is 14.1. The largest absolute Gasteiger partial charge is 0.313 e. The molecule has 3 heteroatoms. The van der Waals surface area contributed by atoms with Crippen molar-refractivity contribution < 1.29 is 0 Å². The third-order valence-corrected chi connectivity index (χ3v) is 3.44. The van der Waals surface area contributed by atoms with E-state index in [1.807, 2.05) is 0 Å². The van der Waals surface area contributed by atoms with Gasteiger partial charge in [0.2, 0.25) is 0 Å². The van der Waals surface area contributed by atoms with Crippen molar-refractivity contribution in [3.05, 3.63) is 17.0 Å². The Morgan fingerprint density at radius 3 is 2.59 bits per heavy atom. The number of aromatic nitrogens is 2. The highest BCUT2D eigenvalue weighted by molar-refractivity contribution is 5.24. The molecule has 1 aromatic rings. The van der Waals surface area contributed by atoms with Gasteiger partial charge in [0.15, 0.2) is 0 Å². The molecular weight excluding hydrogens is 210 g/mol. The van der Waals surface area contributed by atoms with Crippen LogP contribution in [-0.2, 0) is 13.1 Å². The van der Waals surface area contributed by atoms with Crippen molar-refractivity contribution in [2.45, 2.75) is 60.5 Å². The van der Waals surface area contributed by atoms with E-state index in [2.05, 4.69) is 49.7 Å². The molecule has 0 bridgehead atoms. The van der Waals surface area contributed by atoms with Gasteiger partial charge in [0, 0.05) is 24.3 Å². The molecular formula is C14H27N3. The molecule has 0 saturated carbocycles. The fraction of sp³-hybridized carbons (Fsp3) is 0.786. The molecule has 1 unspecified atom stereocenters. The van der Waals surface area contributed by atoms with E-state index in [0.717, 1.165) is 19.6 Å². The first-order chi connectivity index (χ1) is 8.10. The third-order valence-electron chi connectivity index (χ3n) is 3.44. The maximum atomic E-state index is 4.65. The Balaban J connectivity index is 2.71. The van der Waals surface area contributed by atoms with Gasteiger partial charge in [0.05, 0.1) is 5.69 Å². The summed E-state index contributed by atoms with van der Waals surface area (Å²) >= 11 is 0. The fourth-order valence-corrected chi connectivity index (χ4v) is 1.98. The molecule has 0 fully saturated rings. The fourth-order valence-electron chi connectivity index (χ4n) is 1.98. The first kappa shape index (κ1) is 14.2. The molecule has 0 saturated heterocycles. The number of rotatable bonds is 7. The average molecular weight is 237 g/mol. The molecule has 1 rings (SSSR count). The van der Waals surface area contributed by atoms with E-state index in [-0.39, 0.29) is 0 Å². The van der Waals surface area contributed by atoms with Gasteiger partial charge in [-0.1, -0.05) is 27.2 Å². The topological polar surface area (TPSA) is 29.9 Å². The molecule has 3 nitrogen and oxygen atoms in total.